The van der Waals surface area contributed by atoms with E-state index in [2.05, 4.69) is 0 Å². The smallest absolute Gasteiger partial charge is 0.324 e. The standard InChI is InChI=1S/C10H10F13O3PS/c11-5(12,1-3-28-4-2-27(24,25)26)6(13,14)7(15,16)8(17,18)9(19,20)10(21,22)23/h1-4H2,(H2,24,25,26). The molecule has 0 bridgehead atoms. The van der Waals surface area contributed by atoms with E-state index in [1.807, 2.05) is 0 Å². The molecule has 0 aliphatic heterocycles. The maximum atomic E-state index is 13.3. The summed E-state index contributed by atoms with van der Waals surface area (Å²) in [4.78, 5) is 16.9. The highest BCUT2D eigenvalue weighted by molar-refractivity contribution is 7.99. The molecule has 2 N–H and O–H groups in total. The summed E-state index contributed by atoms with van der Waals surface area (Å²) < 4.78 is 177. The molecule has 3 nitrogen and oxygen atoms in total. The van der Waals surface area contributed by atoms with Crippen LogP contribution in [-0.2, 0) is 4.57 Å². The zero-order chi connectivity index (χ0) is 23.0. The lowest BCUT2D eigenvalue weighted by Gasteiger charge is -2.39. The molecular weight excluding hydrogens is 478 g/mol. The quantitative estimate of drug-likeness (QED) is 0.258. The number of halogens is 13. The van der Waals surface area contributed by atoms with Crippen molar-refractivity contribution in [2.75, 3.05) is 17.7 Å². The normalized spacial score (nSPS) is 15.8. The van der Waals surface area contributed by atoms with Gasteiger partial charge in [0, 0.05) is 12.2 Å². The largest absolute Gasteiger partial charge is 0.460 e. The fourth-order valence-electron chi connectivity index (χ4n) is 1.44. The number of thioether (sulfide) groups is 1. The molecule has 0 fully saturated rings. The van der Waals surface area contributed by atoms with E-state index in [0.717, 1.165) is 0 Å². The Morgan fingerprint density at radius 1 is 0.643 bits per heavy atom. The van der Waals surface area contributed by atoms with Crippen LogP contribution in [0.1, 0.15) is 6.42 Å². The Kier molecular flexibility index (Phi) is 7.90. The Hall–Kier alpha value is -0.410. The first-order valence-corrected chi connectivity index (χ1v) is 9.49. The van der Waals surface area contributed by atoms with Crippen LogP contribution in [0, 0.1) is 0 Å². The molecule has 0 unspecified atom stereocenters. The molecule has 0 aromatic carbocycles. The molecule has 0 radical (unpaired) electrons. The highest BCUT2D eigenvalue weighted by Crippen LogP contribution is 2.60. The second-order valence-corrected chi connectivity index (χ2v) is 8.25. The minimum absolute atomic E-state index is 0.0849. The van der Waals surface area contributed by atoms with Crippen molar-refractivity contribution >= 4 is 19.4 Å². The molecule has 28 heavy (non-hydrogen) atoms. The van der Waals surface area contributed by atoms with Gasteiger partial charge in [-0.3, -0.25) is 4.57 Å². The minimum Gasteiger partial charge on any atom is -0.324 e. The van der Waals surface area contributed by atoms with E-state index in [1.165, 1.54) is 0 Å². The predicted molar refractivity (Wildman–Crippen MR) is 69.6 cm³/mol. The van der Waals surface area contributed by atoms with Crippen molar-refractivity contribution in [2.24, 2.45) is 0 Å². The molecule has 0 rings (SSSR count). The maximum Gasteiger partial charge on any atom is 0.460 e. The second kappa shape index (κ2) is 8.02. The number of rotatable bonds is 10. The van der Waals surface area contributed by atoms with Gasteiger partial charge in [0.05, 0.1) is 6.16 Å². The molecule has 0 aliphatic carbocycles. The molecular formula is C10H10F13O3PS. The van der Waals surface area contributed by atoms with E-state index in [9.17, 15) is 61.6 Å². The maximum absolute atomic E-state index is 13.3. The van der Waals surface area contributed by atoms with Crippen LogP contribution in [0.2, 0.25) is 0 Å². The van der Waals surface area contributed by atoms with Crippen molar-refractivity contribution in [1.29, 1.82) is 0 Å². The Balaban J connectivity index is 5.54. The molecule has 0 heterocycles. The third-order valence-electron chi connectivity index (χ3n) is 3.09. The van der Waals surface area contributed by atoms with Gasteiger partial charge >= 0.3 is 43.4 Å². The fraction of sp³-hybridized carbons (Fsp3) is 1.00. The molecule has 0 aromatic heterocycles. The summed E-state index contributed by atoms with van der Waals surface area (Å²) in [5.41, 5.74) is 0. The summed E-state index contributed by atoms with van der Waals surface area (Å²) in [6.07, 6.45) is -10.8. The van der Waals surface area contributed by atoms with Gasteiger partial charge in [-0.1, -0.05) is 0 Å². The van der Waals surface area contributed by atoms with E-state index in [0.29, 0.717) is 0 Å². The minimum atomic E-state index is -7.93. The van der Waals surface area contributed by atoms with Crippen LogP contribution in [-0.4, -0.2) is 63.2 Å². The van der Waals surface area contributed by atoms with Gasteiger partial charge in [-0.25, -0.2) is 0 Å². The molecule has 0 aliphatic rings. The van der Waals surface area contributed by atoms with Crippen molar-refractivity contribution in [3.8, 4) is 0 Å². The lowest BCUT2D eigenvalue weighted by atomic mass is 9.93. The molecule has 0 spiro atoms. The lowest BCUT2D eigenvalue weighted by molar-refractivity contribution is -0.439. The average molecular weight is 488 g/mol. The molecule has 0 saturated carbocycles. The van der Waals surface area contributed by atoms with E-state index in [1.54, 1.807) is 0 Å². The average Bonchev–Trinajstić information content (AvgIpc) is 2.43. The third kappa shape index (κ3) is 5.19. The summed E-state index contributed by atoms with van der Waals surface area (Å²) >= 11 is 0.0849. The fourth-order valence-corrected chi connectivity index (χ4v) is 3.52. The zero-order valence-corrected chi connectivity index (χ0v) is 14.6. The predicted octanol–water partition coefficient (Wildman–Crippen LogP) is 5.03. The summed E-state index contributed by atoms with van der Waals surface area (Å²) in [6.45, 7) is 0. The first-order chi connectivity index (χ1) is 12.0. The number of alkyl halides is 13. The van der Waals surface area contributed by atoms with Gasteiger partial charge < -0.3 is 9.79 Å². The lowest BCUT2D eigenvalue weighted by Crippen LogP contribution is -2.70. The molecule has 18 heteroatoms. The topological polar surface area (TPSA) is 57.5 Å². The molecule has 0 atom stereocenters. The van der Waals surface area contributed by atoms with Gasteiger partial charge in [-0.05, 0) is 5.75 Å². The third-order valence-corrected chi connectivity index (χ3v) is 5.18. The molecule has 0 amide bonds. The van der Waals surface area contributed by atoms with E-state index in [-0.39, 0.29) is 11.8 Å². The Morgan fingerprint density at radius 2 is 1.04 bits per heavy atom. The summed E-state index contributed by atoms with van der Waals surface area (Å²) in [6, 6.07) is 0. The molecule has 0 aromatic rings. The first kappa shape index (κ1) is 27.6. The second-order valence-electron chi connectivity index (χ2n) is 5.25. The van der Waals surface area contributed by atoms with Crippen molar-refractivity contribution in [1.82, 2.24) is 0 Å². The van der Waals surface area contributed by atoms with Crippen molar-refractivity contribution in [3.05, 3.63) is 0 Å². The Bertz CT molecular complexity index is 586. The van der Waals surface area contributed by atoms with Crippen LogP contribution in [0.15, 0.2) is 0 Å². The van der Waals surface area contributed by atoms with E-state index in [4.69, 9.17) is 9.79 Å². The van der Waals surface area contributed by atoms with E-state index < -0.39 is 67.5 Å². The summed E-state index contributed by atoms with van der Waals surface area (Å²) in [5, 5.41) is 0. The SMILES string of the molecule is O=P(O)(O)CCSCCC(F)(F)C(F)(F)C(F)(F)C(F)(F)C(F)(F)C(F)(F)F. The van der Waals surface area contributed by atoms with Crippen molar-refractivity contribution < 1.29 is 71.4 Å². The van der Waals surface area contributed by atoms with Crippen LogP contribution in [0.5, 0.6) is 0 Å². The summed E-state index contributed by atoms with van der Waals surface area (Å²) in [5.74, 6) is -39.0. The van der Waals surface area contributed by atoms with Gasteiger partial charge in [-0.2, -0.15) is 68.8 Å². The van der Waals surface area contributed by atoms with Crippen LogP contribution in [0.25, 0.3) is 0 Å². The first-order valence-electron chi connectivity index (χ1n) is 6.54. The zero-order valence-electron chi connectivity index (χ0n) is 12.9. The van der Waals surface area contributed by atoms with Crippen LogP contribution in [0.3, 0.4) is 0 Å². The van der Waals surface area contributed by atoms with Crippen LogP contribution in [0.4, 0.5) is 57.1 Å². The van der Waals surface area contributed by atoms with Crippen LogP contribution >= 0.6 is 19.4 Å². The van der Waals surface area contributed by atoms with Crippen molar-refractivity contribution in [3.63, 3.8) is 0 Å². The van der Waals surface area contributed by atoms with Gasteiger partial charge in [-0.15, -0.1) is 0 Å². The molecule has 0 saturated heterocycles. The number of hydrogen-bond donors (Lipinski definition) is 2. The monoisotopic (exact) mass is 488 g/mol. The highest BCUT2D eigenvalue weighted by Gasteiger charge is 2.90. The molecule has 170 valence electrons. The van der Waals surface area contributed by atoms with Gasteiger partial charge in [0.25, 0.3) is 0 Å². The Morgan fingerprint density at radius 3 is 1.39 bits per heavy atom. The summed E-state index contributed by atoms with van der Waals surface area (Å²) in [7, 11) is -4.63. The van der Waals surface area contributed by atoms with Gasteiger partial charge in [0.15, 0.2) is 0 Å². The number of hydrogen-bond acceptors (Lipinski definition) is 2. The van der Waals surface area contributed by atoms with Crippen LogP contribution < -0.4 is 0 Å². The van der Waals surface area contributed by atoms with Crippen molar-refractivity contribution in [2.45, 2.75) is 42.2 Å². The van der Waals surface area contributed by atoms with Gasteiger partial charge in [0.2, 0.25) is 0 Å². The van der Waals surface area contributed by atoms with Gasteiger partial charge in [0.1, 0.15) is 0 Å². The highest BCUT2D eigenvalue weighted by atomic mass is 32.2. The van der Waals surface area contributed by atoms with E-state index >= 15 is 0 Å². The Labute approximate surface area is 151 Å².